The van der Waals surface area contributed by atoms with Gasteiger partial charge in [-0.3, -0.25) is 4.57 Å². The van der Waals surface area contributed by atoms with Crippen molar-refractivity contribution in [2.45, 2.75) is 136 Å². The van der Waals surface area contributed by atoms with Gasteiger partial charge in [0.1, 0.15) is 29.5 Å². The molecule has 4 heterocycles. The summed E-state index contributed by atoms with van der Waals surface area (Å²) in [5.41, 5.74) is -1.54. The molecular weight excluding hydrogens is 610 g/mol. The normalized spacial score (nSPS) is 24.0. The Morgan fingerprint density at radius 3 is 2.05 bits per heavy atom. The molecule has 2 aliphatic rings. The molecule has 2 fully saturated rings. The Morgan fingerprint density at radius 2 is 1.52 bits per heavy atom. The summed E-state index contributed by atoms with van der Waals surface area (Å²) in [7, 11) is -2.09. The zero-order valence-electron chi connectivity index (χ0n) is 28.0. The van der Waals surface area contributed by atoms with E-state index in [0.717, 1.165) is 0 Å². The van der Waals surface area contributed by atoms with Crippen LogP contribution in [-0.2, 0) is 28.1 Å². The Hall–Kier alpha value is -2.36. The quantitative estimate of drug-likeness (QED) is 0.255. The SMILES string of the molecule is CC(C)(C)OC(=O)N(C(=O)OC(C)(C)C)c1nc(Cl)nc2c1ncn2[C@@H]1O[C@H](CO[Si](C)(C)C(C)(C)C)[C@H]2OC(C)(C)O[C@H]21. The average molecular weight is 656 g/mol. The summed E-state index contributed by atoms with van der Waals surface area (Å²) in [4.78, 5) is 40.6. The number of carbonyl (C=O) groups is 2. The minimum absolute atomic E-state index is 0.00941. The number of rotatable bonds is 5. The maximum atomic E-state index is 13.4. The number of hydrogen-bond donors (Lipinski definition) is 0. The number of anilines is 1. The van der Waals surface area contributed by atoms with Crippen molar-refractivity contribution in [3.8, 4) is 0 Å². The number of ether oxygens (including phenoxy) is 5. The van der Waals surface area contributed by atoms with E-state index in [1.165, 1.54) is 6.33 Å². The van der Waals surface area contributed by atoms with E-state index in [4.69, 9.17) is 39.7 Å². The van der Waals surface area contributed by atoms with Crippen molar-refractivity contribution in [3.05, 3.63) is 11.6 Å². The first kappa shape index (κ1) is 34.5. The summed E-state index contributed by atoms with van der Waals surface area (Å²) in [5.74, 6) is -1.07. The van der Waals surface area contributed by atoms with E-state index in [1.54, 1.807) is 46.1 Å². The molecule has 4 atom stereocenters. The van der Waals surface area contributed by atoms with Crippen LogP contribution in [0.5, 0.6) is 0 Å². The Bertz CT molecular complexity index is 1380. The van der Waals surface area contributed by atoms with Crippen molar-refractivity contribution in [2.24, 2.45) is 0 Å². The van der Waals surface area contributed by atoms with Crippen LogP contribution in [0.25, 0.3) is 11.2 Å². The van der Waals surface area contributed by atoms with Gasteiger partial charge in [-0.2, -0.15) is 14.9 Å². The fourth-order valence-electron chi connectivity index (χ4n) is 4.60. The molecule has 2 aromatic rings. The summed E-state index contributed by atoms with van der Waals surface area (Å²) < 4.78 is 38.3. The standard InChI is InChI=1S/C29H46ClN5O8Si/c1-26(2,3)42-24(36)35(25(37)43-27(4,5)6)21-17-20(32-23(30)33-21)34(15-31-17)22-19-18(40-29(10,11)41-19)16(39-22)14-38-44(12,13)28(7,8)9/h15-16,18-19,22H,14H2,1-13H3/t16-,18-,19-,22-/m1/s1. The molecular formula is C29H46ClN5O8Si. The Labute approximate surface area is 265 Å². The van der Waals surface area contributed by atoms with Gasteiger partial charge < -0.3 is 28.1 Å². The number of amides is 2. The molecule has 2 amide bonds. The summed E-state index contributed by atoms with van der Waals surface area (Å²) >= 11 is 6.40. The smallest absolute Gasteiger partial charge is 0.425 e. The summed E-state index contributed by atoms with van der Waals surface area (Å²) in [6.45, 7) is 25.0. The van der Waals surface area contributed by atoms with Crippen molar-refractivity contribution in [3.63, 3.8) is 0 Å². The molecule has 0 saturated carbocycles. The second kappa shape index (κ2) is 11.5. The van der Waals surface area contributed by atoms with Crippen molar-refractivity contribution in [1.29, 1.82) is 0 Å². The van der Waals surface area contributed by atoms with Crippen LogP contribution in [0.15, 0.2) is 6.33 Å². The highest BCUT2D eigenvalue weighted by atomic mass is 35.5. The molecule has 2 aliphatic heterocycles. The highest BCUT2D eigenvalue weighted by Gasteiger charge is 2.57. The van der Waals surface area contributed by atoms with Gasteiger partial charge in [0.05, 0.1) is 12.9 Å². The molecule has 0 bridgehead atoms. The zero-order valence-corrected chi connectivity index (χ0v) is 29.7. The minimum Gasteiger partial charge on any atom is -0.443 e. The molecule has 15 heteroatoms. The van der Waals surface area contributed by atoms with Gasteiger partial charge in [0.25, 0.3) is 0 Å². The van der Waals surface area contributed by atoms with Gasteiger partial charge in [-0.15, -0.1) is 0 Å². The topological polar surface area (TPSA) is 136 Å². The molecule has 246 valence electrons. The van der Waals surface area contributed by atoms with Crippen LogP contribution in [0.1, 0.15) is 82.4 Å². The lowest BCUT2D eigenvalue weighted by molar-refractivity contribution is -0.199. The van der Waals surface area contributed by atoms with Gasteiger partial charge in [-0.1, -0.05) is 20.8 Å². The number of nitrogens with zero attached hydrogens (tertiary/aromatic N) is 5. The van der Waals surface area contributed by atoms with Crippen LogP contribution < -0.4 is 4.90 Å². The van der Waals surface area contributed by atoms with Crippen molar-refractivity contribution in [2.75, 3.05) is 11.5 Å². The monoisotopic (exact) mass is 655 g/mol. The van der Waals surface area contributed by atoms with Crippen LogP contribution in [0.3, 0.4) is 0 Å². The van der Waals surface area contributed by atoms with Crippen molar-refractivity contribution in [1.82, 2.24) is 19.5 Å². The second-order valence-corrected chi connectivity index (χ2v) is 20.3. The number of aromatic nitrogens is 4. The van der Waals surface area contributed by atoms with Crippen molar-refractivity contribution < 1.29 is 37.7 Å². The number of imidazole rings is 1. The predicted molar refractivity (Wildman–Crippen MR) is 166 cm³/mol. The van der Waals surface area contributed by atoms with Crippen LogP contribution in [0.2, 0.25) is 23.4 Å². The van der Waals surface area contributed by atoms with E-state index in [-0.39, 0.29) is 27.3 Å². The first-order valence-electron chi connectivity index (χ1n) is 14.7. The van der Waals surface area contributed by atoms with E-state index in [0.29, 0.717) is 11.5 Å². The largest absolute Gasteiger partial charge is 0.443 e. The highest BCUT2D eigenvalue weighted by molar-refractivity contribution is 6.74. The van der Waals surface area contributed by atoms with Crippen LogP contribution in [0.4, 0.5) is 15.4 Å². The van der Waals surface area contributed by atoms with Gasteiger partial charge in [0, 0.05) is 0 Å². The van der Waals surface area contributed by atoms with Crippen LogP contribution in [-0.4, -0.2) is 81.9 Å². The molecule has 4 rings (SSSR count). The molecule has 0 unspecified atom stereocenters. The van der Waals surface area contributed by atoms with Crippen molar-refractivity contribution >= 4 is 49.1 Å². The van der Waals surface area contributed by atoms with Gasteiger partial charge in [0.2, 0.25) is 5.28 Å². The molecule has 0 spiro atoms. The number of halogens is 1. The van der Waals surface area contributed by atoms with Crippen LogP contribution >= 0.6 is 11.6 Å². The maximum absolute atomic E-state index is 13.4. The number of carbonyl (C=O) groups excluding carboxylic acids is 2. The number of fused-ring (bicyclic) bond motifs is 2. The molecule has 0 N–H and O–H groups in total. The molecule has 2 saturated heterocycles. The third-order valence-electron chi connectivity index (χ3n) is 7.55. The fraction of sp³-hybridized carbons (Fsp3) is 0.759. The molecule has 0 radical (unpaired) electrons. The summed E-state index contributed by atoms with van der Waals surface area (Å²) in [5, 5.41) is -0.224. The first-order chi connectivity index (χ1) is 19.9. The highest BCUT2D eigenvalue weighted by Crippen LogP contribution is 2.45. The molecule has 2 aromatic heterocycles. The average Bonchev–Trinajstić information content (AvgIpc) is 3.45. The van der Waals surface area contributed by atoms with Gasteiger partial charge in [-0.05, 0) is 85.1 Å². The van der Waals surface area contributed by atoms with E-state index in [2.05, 4.69) is 48.8 Å². The summed E-state index contributed by atoms with van der Waals surface area (Å²) in [6.07, 6.45) is -2.70. The van der Waals surface area contributed by atoms with E-state index >= 15 is 0 Å². The number of imide groups is 1. The second-order valence-electron chi connectivity index (χ2n) is 15.1. The zero-order chi connectivity index (χ0) is 33.2. The van der Waals surface area contributed by atoms with E-state index in [1.807, 2.05) is 13.8 Å². The summed E-state index contributed by atoms with van der Waals surface area (Å²) in [6, 6.07) is 0. The maximum Gasteiger partial charge on any atom is 0.425 e. The minimum atomic E-state index is -2.09. The Balaban J connectivity index is 1.76. The molecule has 44 heavy (non-hydrogen) atoms. The third kappa shape index (κ3) is 7.36. The van der Waals surface area contributed by atoms with E-state index in [9.17, 15) is 9.59 Å². The lowest BCUT2D eigenvalue weighted by Crippen LogP contribution is -2.44. The van der Waals surface area contributed by atoms with Gasteiger partial charge in [-0.25, -0.2) is 14.6 Å². The lowest BCUT2D eigenvalue weighted by atomic mass is 10.1. The molecule has 0 aromatic carbocycles. The Morgan fingerprint density at radius 1 is 0.977 bits per heavy atom. The first-order valence-corrected chi connectivity index (χ1v) is 18.0. The Kier molecular flexibility index (Phi) is 8.99. The molecule has 13 nitrogen and oxygen atoms in total. The van der Waals surface area contributed by atoms with E-state index < -0.39 is 62.0 Å². The van der Waals surface area contributed by atoms with Gasteiger partial charge >= 0.3 is 12.2 Å². The molecule has 0 aliphatic carbocycles. The fourth-order valence-corrected chi connectivity index (χ4v) is 5.78. The third-order valence-corrected chi connectivity index (χ3v) is 12.2. The van der Waals surface area contributed by atoms with Crippen LogP contribution in [0, 0.1) is 0 Å². The number of hydrogen-bond acceptors (Lipinski definition) is 11. The predicted octanol–water partition coefficient (Wildman–Crippen LogP) is 6.60. The van der Waals surface area contributed by atoms with Gasteiger partial charge in [0.15, 0.2) is 37.3 Å². The lowest BCUT2D eigenvalue weighted by Gasteiger charge is -2.37.